The molecule has 0 amide bonds. The monoisotopic (exact) mass is 304 g/mol. The van der Waals surface area contributed by atoms with Crippen LogP contribution in [0.3, 0.4) is 0 Å². The lowest BCUT2D eigenvalue weighted by atomic mass is 10.1. The molecule has 0 radical (unpaired) electrons. The molecule has 1 aromatic carbocycles. The summed E-state index contributed by atoms with van der Waals surface area (Å²) in [5.74, 6) is -0.304. The molecule has 0 atom stereocenters. The number of benzene rings is 1. The third-order valence-corrected chi connectivity index (χ3v) is 2.61. The Labute approximate surface area is 107 Å². The molecule has 0 N–H and O–H groups in total. The second-order valence-corrected chi connectivity index (χ2v) is 4.38. The maximum atomic E-state index is 11.6. The molecule has 0 aromatic heterocycles. The lowest BCUT2D eigenvalue weighted by molar-refractivity contribution is 0.0600. The average molecular weight is 306 g/mol. The average Bonchev–Trinajstić information content (AvgIpc) is 2.27. The number of halogens is 2. The van der Waals surface area contributed by atoms with Crippen LogP contribution in [0.15, 0.2) is 22.7 Å². The van der Waals surface area contributed by atoms with Gasteiger partial charge in [-0.15, -0.1) is 11.6 Å². The van der Waals surface area contributed by atoms with Gasteiger partial charge in [0, 0.05) is 22.3 Å². The van der Waals surface area contributed by atoms with Gasteiger partial charge in [0.25, 0.3) is 0 Å². The Morgan fingerprint density at radius 2 is 1.94 bits per heavy atom. The molecule has 0 heterocycles. The van der Waals surface area contributed by atoms with Crippen molar-refractivity contribution >= 4 is 39.3 Å². The Morgan fingerprint density at radius 1 is 1.31 bits per heavy atom. The SMILES string of the molecule is COC(=O)c1cc(Br)cc(C(=O)CCCl)c1. The van der Waals surface area contributed by atoms with Crippen LogP contribution in [0.1, 0.15) is 27.1 Å². The molecule has 0 spiro atoms. The Bertz CT molecular complexity index is 418. The van der Waals surface area contributed by atoms with Gasteiger partial charge in [0.2, 0.25) is 0 Å². The van der Waals surface area contributed by atoms with Crippen molar-refractivity contribution in [3.63, 3.8) is 0 Å². The summed E-state index contributed by atoms with van der Waals surface area (Å²) in [7, 11) is 1.30. The number of carbonyl (C=O) groups excluding carboxylic acids is 2. The van der Waals surface area contributed by atoms with Gasteiger partial charge in [0.1, 0.15) is 0 Å². The van der Waals surface area contributed by atoms with E-state index in [1.807, 2.05) is 0 Å². The minimum Gasteiger partial charge on any atom is -0.465 e. The maximum absolute atomic E-state index is 11.6. The van der Waals surface area contributed by atoms with E-state index in [9.17, 15) is 9.59 Å². The minimum absolute atomic E-state index is 0.0959. The zero-order valence-electron chi connectivity index (χ0n) is 8.63. The quantitative estimate of drug-likeness (QED) is 0.488. The van der Waals surface area contributed by atoms with Crippen LogP contribution in [-0.2, 0) is 4.74 Å². The summed E-state index contributed by atoms with van der Waals surface area (Å²) in [5, 5.41) is 0. The van der Waals surface area contributed by atoms with Crippen molar-refractivity contribution in [1.82, 2.24) is 0 Å². The number of methoxy groups -OCH3 is 1. The zero-order chi connectivity index (χ0) is 12.1. The Hall–Kier alpha value is -0.870. The molecule has 0 aliphatic carbocycles. The van der Waals surface area contributed by atoms with E-state index >= 15 is 0 Å². The van der Waals surface area contributed by atoms with E-state index < -0.39 is 5.97 Å². The van der Waals surface area contributed by atoms with Gasteiger partial charge in [-0.05, 0) is 18.2 Å². The zero-order valence-corrected chi connectivity index (χ0v) is 11.0. The van der Waals surface area contributed by atoms with Crippen molar-refractivity contribution in [2.45, 2.75) is 6.42 Å². The first-order chi connectivity index (χ1) is 7.58. The fraction of sp³-hybridized carbons (Fsp3) is 0.273. The normalized spacial score (nSPS) is 9.94. The summed E-state index contributed by atoms with van der Waals surface area (Å²) < 4.78 is 5.25. The highest BCUT2D eigenvalue weighted by Gasteiger charge is 2.12. The number of ketones is 1. The molecule has 0 saturated heterocycles. The third-order valence-electron chi connectivity index (χ3n) is 1.96. The third kappa shape index (κ3) is 3.32. The first-order valence-corrected chi connectivity index (χ1v) is 5.89. The molecular weight excluding hydrogens is 295 g/mol. The van der Waals surface area contributed by atoms with Crippen LogP contribution in [0, 0.1) is 0 Å². The number of Topliss-reactive ketones (excluding diaryl/α,β-unsaturated/α-hetero) is 1. The highest BCUT2D eigenvalue weighted by Crippen LogP contribution is 2.18. The molecule has 0 aliphatic rings. The standard InChI is InChI=1S/C11H10BrClO3/c1-16-11(15)8-4-7(5-9(12)6-8)10(14)2-3-13/h4-6H,2-3H2,1H3. The van der Waals surface area contributed by atoms with Gasteiger partial charge in [0.05, 0.1) is 12.7 Å². The molecule has 16 heavy (non-hydrogen) atoms. The van der Waals surface area contributed by atoms with Gasteiger partial charge in [-0.3, -0.25) is 4.79 Å². The summed E-state index contributed by atoms with van der Waals surface area (Å²) in [4.78, 5) is 22.9. The van der Waals surface area contributed by atoms with Crippen LogP contribution < -0.4 is 0 Å². The Kier molecular flexibility index (Phi) is 4.96. The van der Waals surface area contributed by atoms with Crippen molar-refractivity contribution < 1.29 is 14.3 Å². The van der Waals surface area contributed by atoms with E-state index in [1.54, 1.807) is 12.1 Å². The lowest BCUT2D eigenvalue weighted by Crippen LogP contribution is -2.05. The number of esters is 1. The smallest absolute Gasteiger partial charge is 0.337 e. The molecule has 0 unspecified atom stereocenters. The highest BCUT2D eigenvalue weighted by atomic mass is 79.9. The predicted molar refractivity (Wildman–Crippen MR) is 65.1 cm³/mol. The largest absolute Gasteiger partial charge is 0.465 e. The van der Waals surface area contributed by atoms with E-state index in [0.717, 1.165) is 0 Å². The number of carbonyl (C=O) groups is 2. The van der Waals surface area contributed by atoms with Gasteiger partial charge in [-0.25, -0.2) is 4.79 Å². The maximum Gasteiger partial charge on any atom is 0.337 e. The molecule has 0 aliphatic heterocycles. The van der Waals surface area contributed by atoms with E-state index in [2.05, 4.69) is 20.7 Å². The van der Waals surface area contributed by atoms with Crippen LogP contribution in [0.4, 0.5) is 0 Å². The van der Waals surface area contributed by atoms with E-state index in [-0.39, 0.29) is 18.1 Å². The fourth-order valence-corrected chi connectivity index (χ4v) is 1.88. The Balaban J connectivity index is 3.07. The van der Waals surface area contributed by atoms with Crippen molar-refractivity contribution in [2.75, 3.05) is 13.0 Å². The van der Waals surface area contributed by atoms with Gasteiger partial charge in [-0.2, -0.15) is 0 Å². The number of hydrogen-bond acceptors (Lipinski definition) is 3. The first-order valence-electron chi connectivity index (χ1n) is 4.56. The van der Waals surface area contributed by atoms with E-state index in [0.29, 0.717) is 15.6 Å². The van der Waals surface area contributed by atoms with Crippen molar-refractivity contribution in [1.29, 1.82) is 0 Å². The summed E-state index contributed by atoms with van der Waals surface area (Å²) >= 11 is 8.73. The van der Waals surface area contributed by atoms with Crippen molar-refractivity contribution in [2.24, 2.45) is 0 Å². The van der Waals surface area contributed by atoms with Crippen LogP contribution in [0.5, 0.6) is 0 Å². The number of alkyl halides is 1. The first kappa shape index (κ1) is 13.2. The molecule has 0 fully saturated rings. The topological polar surface area (TPSA) is 43.4 Å². The van der Waals surface area contributed by atoms with Crippen LogP contribution in [0.25, 0.3) is 0 Å². The molecular formula is C11H10BrClO3. The minimum atomic E-state index is -0.471. The van der Waals surface area contributed by atoms with Crippen LogP contribution >= 0.6 is 27.5 Å². The molecule has 0 saturated carbocycles. The molecule has 86 valence electrons. The number of rotatable bonds is 4. The molecule has 1 aromatic rings. The fourth-order valence-electron chi connectivity index (χ4n) is 1.22. The molecule has 3 nitrogen and oxygen atoms in total. The van der Waals surface area contributed by atoms with Crippen molar-refractivity contribution in [3.05, 3.63) is 33.8 Å². The van der Waals surface area contributed by atoms with E-state index in [1.165, 1.54) is 13.2 Å². The van der Waals surface area contributed by atoms with E-state index in [4.69, 9.17) is 11.6 Å². The van der Waals surface area contributed by atoms with Gasteiger partial charge in [0.15, 0.2) is 5.78 Å². The lowest BCUT2D eigenvalue weighted by Gasteiger charge is -2.04. The Morgan fingerprint density at radius 3 is 2.50 bits per heavy atom. The second-order valence-electron chi connectivity index (χ2n) is 3.08. The summed E-state index contributed by atoms with van der Waals surface area (Å²) in [5.41, 5.74) is 0.797. The summed E-state index contributed by atoms with van der Waals surface area (Å²) in [6.45, 7) is 0. The molecule has 0 bridgehead atoms. The number of ether oxygens (including phenoxy) is 1. The van der Waals surface area contributed by atoms with Crippen molar-refractivity contribution in [3.8, 4) is 0 Å². The van der Waals surface area contributed by atoms with Gasteiger partial charge < -0.3 is 4.74 Å². The second kappa shape index (κ2) is 6.01. The highest BCUT2D eigenvalue weighted by molar-refractivity contribution is 9.10. The molecule has 1 rings (SSSR count). The molecule has 5 heteroatoms. The van der Waals surface area contributed by atoms with Gasteiger partial charge >= 0.3 is 5.97 Å². The summed E-state index contributed by atoms with van der Waals surface area (Å²) in [6.07, 6.45) is 0.249. The summed E-state index contributed by atoms with van der Waals surface area (Å²) in [6, 6.07) is 4.76. The van der Waals surface area contributed by atoms with Gasteiger partial charge in [-0.1, -0.05) is 15.9 Å². The number of hydrogen-bond donors (Lipinski definition) is 0. The van der Waals surface area contributed by atoms with Crippen LogP contribution in [0.2, 0.25) is 0 Å². The predicted octanol–water partition coefficient (Wildman–Crippen LogP) is 3.05. The van der Waals surface area contributed by atoms with Crippen LogP contribution in [-0.4, -0.2) is 24.7 Å².